The molecule has 2 aromatic rings. The summed E-state index contributed by atoms with van der Waals surface area (Å²) in [6, 6.07) is 11.9. The molecule has 20 heavy (non-hydrogen) atoms. The second-order valence-corrected chi connectivity index (χ2v) is 5.60. The molecule has 4 nitrogen and oxygen atoms in total. The normalized spacial score (nSPS) is 14.6. The Balaban J connectivity index is 2.00. The van der Waals surface area contributed by atoms with Crippen LogP contribution in [0.5, 0.6) is 0 Å². The standard InChI is InChI=1S/C16H19N3O/c1-11(2)17-16(20)15-10-14(12-8-9-12)18-19(15)13-6-4-3-5-7-13/h3-7,10-12H,8-9H2,1-2H3,(H,17,20). The van der Waals surface area contributed by atoms with Gasteiger partial charge < -0.3 is 5.32 Å². The third-order valence-corrected chi connectivity index (χ3v) is 3.38. The van der Waals surface area contributed by atoms with Gasteiger partial charge in [0.2, 0.25) is 0 Å². The van der Waals surface area contributed by atoms with Gasteiger partial charge in [-0.2, -0.15) is 5.10 Å². The summed E-state index contributed by atoms with van der Waals surface area (Å²) >= 11 is 0. The van der Waals surface area contributed by atoms with Crippen LogP contribution < -0.4 is 5.32 Å². The van der Waals surface area contributed by atoms with Gasteiger partial charge in [-0.15, -0.1) is 0 Å². The average molecular weight is 269 g/mol. The highest BCUT2D eigenvalue weighted by Crippen LogP contribution is 2.39. The molecule has 0 atom stereocenters. The fourth-order valence-electron chi connectivity index (χ4n) is 2.24. The third kappa shape index (κ3) is 2.59. The fraction of sp³-hybridized carbons (Fsp3) is 0.375. The number of hydrogen-bond donors (Lipinski definition) is 1. The molecular formula is C16H19N3O. The maximum atomic E-state index is 12.3. The minimum atomic E-state index is -0.0664. The van der Waals surface area contributed by atoms with Gasteiger partial charge in [0.25, 0.3) is 5.91 Å². The lowest BCUT2D eigenvalue weighted by Crippen LogP contribution is -2.31. The molecule has 0 spiro atoms. The van der Waals surface area contributed by atoms with Crippen LogP contribution in [-0.2, 0) is 0 Å². The Morgan fingerprint density at radius 2 is 2.00 bits per heavy atom. The van der Waals surface area contributed by atoms with Crippen molar-refractivity contribution in [2.45, 2.75) is 38.6 Å². The van der Waals surface area contributed by atoms with E-state index in [9.17, 15) is 4.79 Å². The maximum Gasteiger partial charge on any atom is 0.270 e. The van der Waals surface area contributed by atoms with E-state index >= 15 is 0 Å². The minimum Gasteiger partial charge on any atom is -0.349 e. The van der Waals surface area contributed by atoms with Crippen molar-refractivity contribution < 1.29 is 4.79 Å². The molecule has 4 heteroatoms. The SMILES string of the molecule is CC(C)NC(=O)c1cc(C2CC2)nn1-c1ccccc1. The average Bonchev–Trinajstić information content (AvgIpc) is 3.18. The van der Waals surface area contributed by atoms with Crippen LogP contribution in [0.15, 0.2) is 36.4 Å². The van der Waals surface area contributed by atoms with Crippen LogP contribution >= 0.6 is 0 Å². The molecule has 1 aliphatic carbocycles. The topological polar surface area (TPSA) is 46.9 Å². The van der Waals surface area contributed by atoms with E-state index in [4.69, 9.17) is 0 Å². The quantitative estimate of drug-likeness (QED) is 0.927. The number of nitrogens with one attached hydrogen (secondary N) is 1. The Kier molecular flexibility index (Phi) is 3.30. The molecular weight excluding hydrogens is 250 g/mol. The van der Waals surface area contributed by atoms with Gasteiger partial charge in [0.1, 0.15) is 5.69 Å². The zero-order valence-corrected chi connectivity index (χ0v) is 11.8. The fourth-order valence-corrected chi connectivity index (χ4v) is 2.24. The predicted octanol–water partition coefficient (Wildman–Crippen LogP) is 2.89. The summed E-state index contributed by atoms with van der Waals surface area (Å²) in [4.78, 5) is 12.3. The highest BCUT2D eigenvalue weighted by atomic mass is 16.2. The highest BCUT2D eigenvalue weighted by molar-refractivity contribution is 5.93. The van der Waals surface area contributed by atoms with Gasteiger partial charge in [-0.05, 0) is 44.9 Å². The number of benzene rings is 1. The van der Waals surface area contributed by atoms with Gasteiger partial charge in [0.15, 0.2) is 0 Å². The van der Waals surface area contributed by atoms with Crippen molar-refractivity contribution in [1.29, 1.82) is 0 Å². The Morgan fingerprint density at radius 1 is 1.30 bits per heavy atom. The number of para-hydroxylation sites is 1. The molecule has 1 fully saturated rings. The number of amides is 1. The minimum absolute atomic E-state index is 0.0664. The number of rotatable bonds is 4. The molecule has 1 heterocycles. The predicted molar refractivity (Wildman–Crippen MR) is 78.1 cm³/mol. The lowest BCUT2D eigenvalue weighted by molar-refractivity contribution is 0.0935. The molecule has 3 rings (SSSR count). The second-order valence-electron chi connectivity index (χ2n) is 5.60. The Hall–Kier alpha value is -2.10. The summed E-state index contributed by atoms with van der Waals surface area (Å²) in [5.41, 5.74) is 2.57. The summed E-state index contributed by atoms with van der Waals surface area (Å²) in [7, 11) is 0. The lowest BCUT2D eigenvalue weighted by atomic mass is 10.2. The van der Waals surface area contributed by atoms with Crippen molar-refractivity contribution in [3.05, 3.63) is 47.8 Å². The van der Waals surface area contributed by atoms with Gasteiger partial charge in [0, 0.05) is 12.0 Å². The van der Waals surface area contributed by atoms with Crippen LogP contribution in [-0.4, -0.2) is 21.7 Å². The monoisotopic (exact) mass is 269 g/mol. The van der Waals surface area contributed by atoms with Gasteiger partial charge in [0.05, 0.1) is 11.4 Å². The highest BCUT2D eigenvalue weighted by Gasteiger charge is 2.29. The molecule has 1 aromatic carbocycles. The number of carbonyl (C=O) groups excluding carboxylic acids is 1. The number of nitrogens with zero attached hydrogens (tertiary/aromatic N) is 2. The van der Waals surface area contributed by atoms with E-state index in [-0.39, 0.29) is 11.9 Å². The van der Waals surface area contributed by atoms with E-state index in [2.05, 4.69) is 10.4 Å². The van der Waals surface area contributed by atoms with Crippen molar-refractivity contribution in [1.82, 2.24) is 15.1 Å². The Labute approximate surface area is 118 Å². The van der Waals surface area contributed by atoms with Crippen molar-refractivity contribution in [2.24, 2.45) is 0 Å². The second kappa shape index (κ2) is 5.12. The summed E-state index contributed by atoms with van der Waals surface area (Å²) in [5.74, 6) is 0.466. The van der Waals surface area contributed by atoms with Crippen LogP contribution in [0.3, 0.4) is 0 Å². The molecule has 0 bridgehead atoms. The van der Waals surface area contributed by atoms with Crippen LogP contribution in [0.1, 0.15) is 48.8 Å². The number of hydrogen-bond acceptors (Lipinski definition) is 2. The molecule has 0 saturated heterocycles. The first kappa shape index (κ1) is 12.9. The van der Waals surface area contributed by atoms with E-state index in [1.807, 2.05) is 50.2 Å². The smallest absolute Gasteiger partial charge is 0.270 e. The first-order chi connectivity index (χ1) is 9.65. The summed E-state index contributed by atoms with van der Waals surface area (Å²) in [6.07, 6.45) is 2.36. The molecule has 0 unspecified atom stereocenters. The summed E-state index contributed by atoms with van der Waals surface area (Å²) in [6.45, 7) is 3.92. The third-order valence-electron chi connectivity index (χ3n) is 3.38. The van der Waals surface area contributed by atoms with Crippen molar-refractivity contribution in [3.8, 4) is 5.69 Å². The van der Waals surface area contributed by atoms with E-state index in [0.29, 0.717) is 11.6 Å². The molecule has 1 N–H and O–H groups in total. The van der Waals surface area contributed by atoms with Crippen LogP contribution in [0.4, 0.5) is 0 Å². The van der Waals surface area contributed by atoms with E-state index in [0.717, 1.165) is 11.4 Å². The van der Waals surface area contributed by atoms with Gasteiger partial charge in [-0.3, -0.25) is 4.79 Å². The van der Waals surface area contributed by atoms with Crippen molar-refractivity contribution in [2.75, 3.05) is 0 Å². The van der Waals surface area contributed by atoms with Crippen LogP contribution in [0.2, 0.25) is 0 Å². The molecule has 0 aliphatic heterocycles. The van der Waals surface area contributed by atoms with Crippen molar-refractivity contribution in [3.63, 3.8) is 0 Å². The van der Waals surface area contributed by atoms with E-state index < -0.39 is 0 Å². The summed E-state index contributed by atoms with van der Waals surface area (Å²) in [5, 5.41) is 7.57. The van der Waals surface area contributed by atoms with Crippen LogP contribution in [0.25, 0.3) is 5.69 Å². The van der Waals surface area contributed by atoms with Crippen LogP contribution in [0, 0.1) is 0 Å². The largest absolute Gasteiger partial charge is 0.349 e. The van der Waals surface area contributed by atoms with E-state index in [1.54, 1.807) is 4.68 Å². The van der Waals surface area contributed by atoms with Gasteiger partial charge >= 0.3 is 0 Å². The number of carbonyl (C=O) groups is 1. The lowest BCUT2D eigenvalue weighted by Gasteiger charge is -2.10. The molecule has 1 aromatic heterocycles. The first-order valence-corrected chi connectivity index (χ1v) is 7.11. The maximum absolute atomic E-state index is 12.3. The molecule has 104 valence electrons. The summed E-state index contributed by atoms with van der Waals surface area (Å²) < 4.78 is 1.76. The molecule has 1 aliphatic rings. The van der Waals surface area contributed by atoms with Gasteiger partial charge in [-0.25, -0.2) is 4.68 Å². The first-order valence-electron chi connectivity index (χ1n) is 7.11. The zero-order chi connectivity index (χ0) is 14.1. The van der Waals surface area contributed by atoms with Gasteiger partial charge in [-0.1, -0.05) is 18.2 Å². The zero-order valence-electron chi connectivity index (χ0n) is 11.8. The molecule has 0 radical (unpaired) electrons. The molecule has 1 amide bonds. The van der Waals surface area contributed by atoms with Crippen molar-refractivity contribution >= 4 is 5.91 Å². The van der Waals surface area contributed by atoms with E-state index in [1.165, 1.54) is 12.8 Å². The Bertz CT molecular complexity index is 612. The number of aromatic nitrogens is 2. The Morgan fingerprint density at radius 3 is 2.60 bits per heavy atom. The molecule has 1 saturated carbocycles.